The smallest absolute Gasteiger partial charge is 0.269 e. The predicted molar refractivity (Wildman–Crippen MR) is 111 cm³/mol. The Balaban J connectivity index is 1.41. The van der Waals surface area contributed by atoms with Gasteiger partial charge in [0.25, 0.3) is 5.69 Å². The lowest BCUT2D eigenvalue weighted by atomic mass is 10.2. The van der Waals surface area contributed by atoms with E-state index in [1.54, 1.807) is 18.5 Å². The van der Waals surface area contributed by atoms with Crippen molar-refractivity contribution in [1.82, 2.24) is 19.6 Å². The van der Waals surface area contributed by atoms with Crippen molar-refractivity contribution in [3.63, 3.8) is 0 Å². The lowest BCUT2D eigenvalue weighted by molar-refractivity contribution is -0.384. The number of rotatable bonds is 3. The summed E-state index contributed by atoms with van der Waals surface area (Å²) in [7, 11) is 0. The Morgan fingerprint density at radius 3 is 2.45 bits per heavy atom. The molecule has 1 aliphatic rings. The van der Waals surface area contributed by atoms with E-state index in [1.165, 1.54) is 12.1 Å². The van der Waals surface area contributed by atoms with E-state index in [-0.39, 0.29) is 10.6 Å². The topological polar surface area (TPSA) is 92.7 Å². The van der Waals surface area contributed by atoms with Crippen LogP contribution in [0.25, 0.3) is 16.7 Å². The number of nitro benzene ring substituents is 1. The minimum absolute atomic E-state index is 0.0991. The second kappa shape index (κ2) is 6.85. The van der Waals surface area contributed by atoms with Crippen LogP contribution in [0.2, 0.25) is 5.02 Å². The highest BCUT2D eigenvalue weighted by Crippen LogP contribution is 2.27. The van der Waals surface area contributed by atoms with Crippen LogP contribution in [0, 0.1) is 10.1 Å². The van der Waals surface area contributed by atoms with Crippen molar-refractivity contribution in [2.24, 2.45) is 0 Å². The average molecular weight is 410 g/mol. The molecule has 9 nitrogen and oxygen atoms in total. The van der Waals surface area contributed by atoms with Gasteiger partial charge in [-0.15, -0.1) is 10.2 Å². The molecule has 0 radical (unpaired) electrons. The molecule has 0 N–H and O–H groups in total. The Kier molecular flexibility index (Phi) is 4.17. The van der Waals surface area contributed by atoms with Gasteiger partial charge in [-0.3, -0.25) is 14.5 Å². The highest BCUT2D eigenvalue weighted by Gasteiger charge is 2.22. The maximum atomic E-state index is 10.8. The number of piperazine rings is 1. The molecule has 0 bridgehead atoms. The van der Waals surface area contributed by atoms with Crippen molar-refractivity contribution in [2.45, 2.75) is 0 Å². The fourth-order valence-electron chi connectivity index (χ4n) is 3.69. The minimum atomic E-state index is -0.385. The van der Waals surface area contributed by atoms with Crippen molar-refractivity contribution in [2.75, 3.05) is 36.0 Å². The van der Waals surface area contributed by atoms with Gasteiger partial charge < -0.3 is 9.80 Å². The number of benzene rings is 2. The Bertz CT molecular complexity index is 1220. The molecule has 1 aliphatic heterocycles. The third-order valence-electron chi connectivity index (χ3n) is 5.18. The Morgan fingerprint density at radius 2 is 1.72 bits per heavy atom. The molecule has 1 fully saturated rings. The second-order valence-corrected chi connectivity index (χ2v) is 7.28. The fourth-order valence-corrected chi connectivity index (χ4v) is 3.85. The van der Waals surface area contributed by atoms with Crippen LogP contribution in [-0.4, -0.2) is 50.7 Å². The summed E-state index contributed by atoms with van der Waals surface area (Å²) in [6, 6.07) is 12.2. The van der Waals surface area contributed by atoms with Gasteiger partial charge in [-0.2, -0.15) is 0 Å². The number of nitrogens with zero attached hydrogens (tertiary/aromatic N) is 7. The van der Waals surface area contributed by atoms with Crippen LogP contribution in [-0.2, 0) is 0 Å². The first-order valence-electron chi connectivity index (χ1n) is 9.13. The van der Waals surface area contributed by atoms with Crippen molar-refractivity contribution in [1.29, 1.82) is 0 Å². The minimum Gasteiger partial charge on any atom is -0.368 e. The summed E-state index contributed by atoms with van der Waals surface area (Å²) in [4.78, 5) is 19.7. The number of fused-ring (bicyclic) bond motifs is 3. The number of halogens is 1. The van der Waals surface area contributed by atoms with E-state index in [4.69, 9.17) is 16.6 Å². The van der Waals surface area contributed by atoms with E-state index in [0.29, 0.717) is 10.7 Å². The second-order valence-electron chi connectivity index (χ2n) is 6.84. The number of anilines is 2. The first kappa shape index (κ1) is 17.6. The molecule has 2 aromatic heterocycles. The molecule has 0 aliphatic carbocycles. The quantitative estimate of drug-likeness (QED) is 0.379. The van der Waals surface area contributed by atoms with Gasteiger partial charge in [-0.05, 0) is 30.3 Å². The molecular formula is C19H16ClN7O2. The number of hydrogen-bond donors (Lipinski definition) is 0. The Morgan fingerprint density at radius 1 is 1.00 bits per heavy atom. The maximum Gasteiger partial charge on any atom is 0.269 e. The average Bonchev–Trinajstić information content (AvgIpc) is 3.24. The largest absolute Gasteiger partial charge is 0.368 e. The zero-order chi connectivity index (χ0) is 20.0. The molecular weight excluding hydrogens is 394 g/mol. The van der Waals surface area contributed by atoms with E-state index >= 15 is 0 Å². The molecule has 4 aromatic rings. The van der Waals surface area contributed by atoms with Gasteiger partial charge in [0, 0.05) is 49.0 Å². The lowest BCUT2D eigenvalue weighted by Gasteiger charge is -2.36. The highest BCUT2D eigenvalue weighted by atomic mass is 35.5. The summed E-state index contributed by atoms with van der Waals surface area (Å²) >= 11 is 6.14. The molecule has 0 spiro atoms. The molecule has 2 aromatic carbocycles. The van der Waals surface area contributed by atoms with Crippen molar-refractivity contribution < 1.29 is 4.92 Å². The predicted octanol–water partition coefficient (Wildman–Crippen LogP) is 3.17. The van der Waals surface area contributed by atoms with Crippen LogP contribution in [0.1, 0.15) is 0 Å². The van der Waals surface area contributed by atoms with Crippen LogP contribution < -0.4 is 9.80 Å². The third kappa shape index (κ3) is 3.09. The summed E-state index contributed by atoms with van der Waals surface area (Å²) in [6.45, 7) is 3.06. The molecule has 10 heteroatoms. The van der Waals surface area contributed by atoms with Gasteiger partial charge >= 0.3 is 0 Å². The van der Waals surface area contributed by atoms with E-state index in [1.807, 2.05) is 22.6 Å². The Hall–Kier alpha value is -3.46. The van der Waals surface area contributed by atoms with Crippen molar-refractivity contribution in [3.8, 4) is 0 Å². The first-order valence-corrected chi connectivity index (χ1v) is 9.51. The summed E-state index contributed by atoms with van der Waals surface area (Å²) in [6.07, 6.45) is 1.67. The molecule has 0 amide bonds. The summed E-state index contributed by atoms with van der Waals surface area (Å²) in [5, 5.41) is 19.8. The van der Waals surface area contributed by atoms with Gasteiger partial charge in [0.1, 0.15) is 6.33 Å². The third-order valence-corrected chi connectivity index (χ3v) is 5.41. The molecule has 0 saturated carbocycles. The lowest BCUT2D eigenvalue weighted by Crippen LogP contribution is -2.47. The van der Waals surface area contributed by atoms with Crippen molar-refractivity contribution >= 4 is 45.5 Å². The van der Waals surface area contributed by atoms with Gasteiger partial charge in [0.05, 0.1) is 16.0 Å². The molecule has 0 unspecified atom stereocenters. The zero-order valence-corrected chi connectivity index (χ0v) is 16.0. The summed E-state index contributed by atoms with van der Waals surface area (Å²) < 4.78 is 1.91. The van der Waals surface area contributed by atoms with Crippen LogP contribution in [0.4, 0.5) is 17.2 Å². The van der Waals surface area contributed by atoms with E-state index in [2.05, 4.69) is 20.0 Å². The molecule has 5 rings (SSSR count). The molecule has 29 heavy (non-hydrogen) atoms. The number of aromatic nitrogens is 4. The number of nitro groups is 1. The standard InChI is InChI=1S/C19H16ClN7O2/c20-13-1-6-16-17(11-13)26-12-21-23-19(26)18(22-16)25-9-7-24(8-10-25)14-2-4-15(5-3-14)27(28)29/h1-6,11-12H,7-10H2. The van der Waals surface area contributed by atoms with Gasteiger partial charge in [-0.25, -0.2) is 4.98 Å². The molecule has 146 valence electrons. The van der Waals surface area contributed by atoms with Crippen LogP contribution in [0.3, 0.4) is 0 Å². The van der Waals surface area contributed by atoms with E-state index < -0.39 is 0 Å². The fraction of sp³-hybridized carbons (Fsp3) is 0.211. The summed E-state index contributed by atoms with van der Waals surface area (Å²) in [5.74, 6) is 0.792. The number of hydrogen-bond acceptors (Lipinski definition) is 7. The highest BCUT2D eigenvalue weighted by molar-refractivity contribution is 6.31. The van der Waals surface area contributed by atoms with Gasteiger partial charge in [-0.1, -0.05) is 11.6 Å². The normalized spacial score (nSPS) is 14.7. The van der Waals surface area contributed by atoms with Gasteiger partial charge in [0.2, 0.25) is 5.65 Å². The first-order chi connectivity index (χ1) is 14.1. The molecule has 1 saturated heterocycles. The van der Waals surface area contributed by atoms with Gasteiger partial charge in [0.15, 0.2) is 5.82 Å². The SMILES string of the molecule is O=[N+]([O-])c1ccc(N2CCN(c3nc4ccc(Cl)cc4n4cnnc34)CC2)cc1. The molecule has 0 atom stereocenters. The Labute approximate surface area is 170 Å². The molecule has 3 heterocycles. The van der Waals surface area contributed by atoms with Crippen LogP contribution in [0.15, 0.2) is 48.8 Å². The van der Waals surface area contributed by atoms with Crippen LogP contribution in [0.5, 0.6) is 0 Å². The van der Waals surface area contributed by atoms with E-state index in [0.717, 1.165) is 48.7 Å². The zero-order valence-electron chi connectivity index (χ0n) is 15.3. The monoisotopic (exact) mass is 409 g/mol. The van der Waals surface area contributed by atoms with Crippen molar-refractivity contribution in [3.05, 3.63) is 63.9 Å². The van der Waals surface area contributed by atoms with Crippen LogP contribution >= 0.6 is 11.6 Å². The number of non-ortho nitro benzene ring substituents is 1. The van der Waals surface area contributed by atoms with E-state index in [9.17, 15) is 10.1 Å². The summed E-state index contributed by atoms with van der Waals surface area (Å²) in [5.41, 5.74) is 3.47. The maximum absolute atomic E-state index is 10.8.